The van der Waals surface area contributed by atoms with Crippen LogP contribution < -0.4 is 9.47 Å². The second-order valence-electron chi connectivity index (χ2n) is 8.53. The third kappa shape index (κ3) is 5.49. The number of carbonyl (C=O) groups excluding carboxylic acids is 2. The first-order valence-corrected chi connectivity index (χ1v) is 12.0. The molecule has 2 aromatic rings. The van der Waals surface area contributed by atoms with E-state index in [4.69, 9.17) is 14.2 Å². The molecule has 1 amide bonds. The lowest BCUT2D eigenvalue weighted by atomic mass is 9.95. The maximum Gasteiger partial charge on any atom is 0.295 e. The van der Waals surface area contributed by atoms with Gasteiger partial charge in [-0.25, -0.2) is 0 Å². The van der Waals surface area contributed by atoms with Crippen molar-refractivity contribution >= 4 is 17.4 Å². The molecule has 2 heterocycles. The minimum absolute atomic E-state index is 0.0822. The molecule has 0 radical (unpaired) electrons. The standard InChI is InChI=1S/C27H32N2O6/c1-3-35-21-10-8-19(9-11-21)24-23(25(30)20-6-4-7-22(18-20)33-2)26(31)27(32)29(24)13-5-12-28-14-16-34-17-15-28/h4,6-11,18,24,30H,3,5,12-17H2,1-2H3/t24-/m0/s1. The van der Waals surface area contributed by atoms with Gasteiger partial charge in [0.25, 0.3) is 11.7 Å². The van der Waals surface area contributed by atoms with Crippen LogP contribution in [0, 0.1) is 0 Å². The van der Waals surface area contributed by atoms with Crippen LogP contribution in [0.15, 0.2) is 54.1 Å². The molecular weight excluding hydrogens is 448 g/mol. The van der Waals surface area contributed by atoms with Gasteiger partial charge in [-0.15, -0.1) is 0 Å². The minimum atomic E-state index is -0.693. The highest BCUT2D eigenvalue weighted by atomic mass is 16.5. The summed E-state index contributed by atoms with van der Waals surface area (Å²) < 4.78 is 16.2. The van der Waals surface area contributed by atoms with Gasteiger partial charge in [-0.05, 0) is 43.2 Å². The Kier molecular flexibility index (Phi) is 8.05. The number of Topliss-reactive ketones (excluding diaryl/α,β-unsaturated/α-hetero) is 1. The van der Waals surface area contributed by atoms with E-state index in [2.05, 4.69) is 4.90 Å². The van der Waals surface area contributed by atoms with Crippen LogP contribution in [0.25, 0.3) is 5.76 Å². The van der Waals surface area contributed by atoms with E-state index in [0.717, 1.165) is 25.2 Å². The molecule has 8 nitrogen and oxygen atoms in total. The van der Waals surface area contributed by atoms with Gasteiger partial charge in [0.15, 0.2) is 0 Å². The summed E-state index contributed by atoms with van der Waals surface area (Å²) in [5, 5.41) is 11.2. The molecule has 0 aliphatic carbocycles. The number of nitrogens with zero attached hydrogens (tertiary/aromatic N) is 2. The van der Waals surface area contributed by atoms with E-state index < -0.39 is 17.7 Å². The third-order valence-corrected chi connectivity index (χ3v) is 6.37. The molecule has 1 atom stereocenters. The summed E-state index contributed by atoms with van der Waals surface area (Å²) in [5.74, 6) is -0.248. The van der Waals surface area contributed by atoms with Crippen LogP contribution in [0.3, 0.4) is 0 Å². The van der Waals surface area contributed by atoms with Crippen LogP contribution in [0.2, 0.25) is 0 Å². The molecule has 0 aromatic heterocycles. The molecule has 4 rings (SSSR count). The van der Waals surface area contributed by atoms with Crippen LogP contribution in [-0.2, 0) is 14.3 Å². The van der Waals surface area contributed by atoms with E-state index in [-0.39, 0.29) is 11.3 Å². The van der Waals surface area contributed by atoms with Gasteiger partial charge in [0.2, 0.25) is 0 Å². The SMILES string of the molecule is CCOc1ccc([C@H]2C(=C(O)c3cccc(OC)c3)C(=O)C(=O)N2CCCN2CCOCC2)cc1. The largest absolute Gasteiger partial charge is 0.507 e. The van der Waals surface area contributed by atoms with Crippen LogP contribution in [0.1, 0.15) is 30.5 Å². The maximum absolute atomic E-state index is 13.2. The van der Waals surface area contributed by atoms with Crippen LogP contribution >= 0.6 is 0 Å². The summed E-state index contributed by atoms with van der Waals surface area (Å²) in [5.41, 5.74) is 1.24. The van der Waals surface area contributed by atoms with Crippen molar-refractivity contribution in [2.45, 2.75) is 19.4 Å². The van der Waals surface area contributed by atoms with Crippen molar-refractivity contribution in [3.63, 3.8) is 0 Å². The van der Waals surface area contributed by atoms with E-state index >= 15 is 0 Å². The molecule has 35 heavy (non-hydrogen) atoms. The summed E-state index contributed by atoms with van der Waals surface area (Å²) in [6, 6.07) is 13.5. The van der Waals surface area contributed by atoms with Gasteiger partial charge in [0.05, 0.1) is 38.5 Å². The van der Waals surface area contributed by atoms with E-state index in [1.54, 1.807) is 29.2 Å². The van der Waals surface area contributed by atoms with E-state index in [9.17, 15) is 14.7 Å². The van der Waals surface area contributed by atoms with Gasteiger partial charge < -0.3 is 24.2 Å². The number of aliphatic hydroxyl groups is 1. The van der Waals surface area contributed by atoms with Crippen molar-refractivity contribution in [1.29, 1.82) is 0 Å². The lowest BCUT2D eigenvalue weighted by Gasteiger charge is -2.29. The van der Waals surface area contributed by atoms with Gasteiger partial charge in [-0.3, -0.25) is 14.5 Å². The van der Waals surface area contributed by atoms with E-state index in [1.165, 1.54) is 7.11 Å². The van der Waals surface area contributed by atoms with Crippen molar-refractivity contribution in [2.75, 3.05) is 53.1 Å². The lowest BCUT2D eigenvalue weighted by molar-refractivity contribution is -0.140. The number of ketones is 1. The molecule has 0 saturated carbocycles. The van der Waals surface area contributed by atoms with Gasteiger partial charge >= 0.3 is 0 Å². The molecule has 2 saturated heterocycles. The first-order valence-electron chi connectivity index (χ1n) is 12.0. The van der Waals surface area contributed by atoms with E-state index in [0.29, 0.717) is 49.8 Å². The third-order valence-electron chi connectivity index (χ3n) is 6.37. The maximum atomic E-state index is 13.2. The fourth-order valence-electron chi connectivity index (χ4n) is 4.59. The number of ether oxygens (including phenoxy) is 3. The van der Waals surface area contributed by atoms with Crippen molar-refractivity contribution in [1.82, 2.24) is 9.80 Å². The fourth-order valence-corrected chi connectivity index (χ4v) is 4.59. The molecule has 2 aliphatic rings. The predicted molar refractivity (Wildman–Crippen MR) is 131 cm³/mol. The normalized spacial score (nSPS) is 20.3. The molecule has 0 unspecified atom stereocenters. The summed E-state index contributed by atoms with van der Waals surface area (Å²) >= 11 is 0. The zero-order valence-corrected chi connectivity index (χ0v) is 20.2. The quantitative estimate of drug-likeness (QED) is 0.335. The Morgan fingerprint density at radius 1 is 1.06 bits per heavy atom. The fraction of sp³-hybridized carbons (Fsp3) is 0.407. The van der Waals surface area contributed by atoms with Gasteiger partial charge in [0, 0.05) is 31.7 Å². The van der Waals surface area contributed by atoms with Crippen LogP contribution in [0.4, 0.5) is 0 Å². The van der Waals surface area contributed by atoms with Crippen molar-refractivity contribution in [3.8, 4) is 11.5 Å². The molecule has 1 N–H and O–H groups in total. The number of benzene rings is 2. The molecule has 2 aromatic carbocycles. The number of hydrogen-bond donors (Lipinski definition) is 1. The summed E-state index contributed by atoms with van der Waals surface area (Å²) in [6.07, 6.45) is 0.708. The number of amides is 1. The van der Waals surface area contributed by atoms with Crippen molar-refractivity contribution in [2.24, 2.45) is 0 Å². The summed E-state index contributed by atoms with van der Waals surface area (Å²) in [6.45, 7) is 6.77. The van der Waals surface area contributed by atoms with Crippen molar-refractivity contribution < 1.29 is 28.9 Å². The number of likely N-dealkylation sites (tertiary alicyclic amines) is 1. The van der Waals surface area contributed by atoms with Gasteiger partial charge in [-0.2, -0.15) is 0 Å². The Balaban J connectivity index is 1.67. The first kappa shape index (κ1) is 24.8. The second-order valence-corrected chi connectivity index (χ2v) is 8.53. The number of carbonyl (C=O) groups is 2. The zero-order chi connectivity index (χ0) is 24.8. The molecule has 2 fully saturated rings. The Hall–Kier alpha value is -3.36. The number of rotatable bonds is 9. The lowest BCUT2D eigenvalue weighted by Crippen LogP contribution is -2.38. The zero-order valence-electron chi connectivity index (χ0n) is 20.2. The molecule has 2 aliphatic heterocycles. The predicted octanol–water partition coefficient (Wildman–Crippen LogP) is 3.24. The average Bonchev–Trinajstić information content (AvgIpc) is 3.14. The Bertz CT molecular complexity index is 1080. The highest BCUT2D eigenvalue weighted by Crippen LogP contribution is 2.40. The Labute approximate surface area is 205 Å². The second kappa shape index (κ2) is 11.4. The molecule has 0 bridgehead atoms. The number of methoxy groups -OCH3 is 1. The Morgan fingerprint density at radius 3 is 2.49 bits per heavy atom. The number of morpholine rings is 1. The highest BCUT2D eigenvalue weighted by molar-refractivity contribution is 6.46. The highest BCUT2D eigenvalue weighted by Gasteiger charge is 2.45. The smallest absolute Gasteiger partial charge is 0.295 e. The topological polar surface area (TPSA) is 88.5 Å². The Morgan fingerprint density at radius 2 is 1.80 bits per heavy atom. The molecule has 0 spiro atoms. The first-order chi connectivity index (χ1) is 17.0. The van der Waals surface area contributed by atoms with E-state index in [1.807, 2.05) is 31.2 Å². The average molecular weight is 481 g/mol. The summed E-state index contributed by atoms with van der Waals surface area (Å²) in [4.78, 5) is 30.2. The van der Waals surface area contributed by atoms with Gasteiger partial charge in [-0.1, -0.05) is 24.3 Å². The van der Waals surface area contributed by atoms with Crippen molar-refractivity contribution in [3.05, 3.63) is 65.2 Å². The monoisotopic (exact) mass is 480 g/mol. The molecule has 186 valence electrons. The number of aliphatic hydroxyl groups excluding tert-OH is 1. The molecule has 8 heteroatoms. The van der Waals surface area contributed by atoms with Crippen LogP contribution in [-0.4, -0.2) is 79.7 Å². The van der Waals surface area contributed by atoms with Gasteiger partial charge in [0.1, 0.15) is 17.3 Å². The number of hydrogen-bond acceptors (Lipinski definition) is 7. The minimum Gasteiger partial charge on any atom is -0.507 e. The summed E-state index contributed by atoms with van der Waals surface area (Å²) in [7, 11) is 1.53. The molecular formula is C27H32N2O6. The van der Waals surface area contributed by atoms with Crippen LogP contribution in [0.5, 0.6) is 11.5 Å².